The van der Waals surface area contributed by atoms with E-state index in [0.717, 1.165) is 30.2 Å². The van der Waals surface area contributed by atoms with Crippen molar-refractivity contribution < 1.29 is 9.59 Å². The lowest BCUT2D eigenvalue weighted by molar-refractivity contribution is -0.133. The van der Waals surface area contributed by atoms with Crippen molar-refractivity contribution in [3.63, 3.8) is 0 Å². The maximum Gasteiger partial charge on any atom is 0.271 e. The topological polar surface area (TPSA) is 54.3 Å². The monoisotopic (exact) mass is 353 g/mol. The molecule has 2 aliphatic rings. The molecule has 1 N–H and O–H groups in total. The zero-order chi connectivity index (χ0) is 18.5. The van der Waals surface area contributed by atoms with E-state index in [1.165, 1.54) is 0 Å². The fourth-order valence-electron chi connectivity index (χ4n) is 4.04. The first-order chi connectivity index (χ1) is 12.4. The molecule has 1 aliphatic carbocycles. The fourth-order valence-corrected chi connectivity index (χ4v) is 4.04. The van der Waals surface area contributed by atoms with E-state index < -0.39 is 5.54 Å². The number of nitrogens with one attached hydrogen (secondary N) is 1. The molecule has 2 heterocycles. The minimum Gasteiger partial charge on any atom is -0.354 e. The van der Waals surface area contributed by atoms with Gasteiger partial charge in [-0.2, -0.15) is 0 Å². The van der Waals surface area contributed by atoms with Crippen LogP contribution in [0.2, 0.25) is 0 Å². The van der Waals surface area contributed by atoms with Crippen LogP contribution in [-0.4, -0.2) is 39.4 Å². The van der Waals surface area contributed by atoms with Crippen LogP contribution in [0.5, 0.6) is 0 Å². The van der Waals surface area contributed by atoms with E-state index in [0.29, 0.717) is 24.7 Å². The summed E-state index contributed by atoms with van der Waals surface area (Å²) in [5.74, 6) is 0.480. The molecule has 1 fully saturated rings. The van der Waals surface area contributed by atoms with Crippen molar-refractivity contribution in [2.45, 2.75) is 58.2 Å². The zero-order valence-corrected chi connectivity index (χ0v) is 15.8. The first kappa shape index (κ1) is 17.1. The number of amides is 2. The molecule has 26 heavy (non-hydrogen) atoms. The van der Waals surface area contributed by atoms with Crippen LogP contribution < -0.4 is 5.32 Å². The molecule has 2 amide bonds. The summed E-state index contributed by atoms with van der Waals surface area (Å²) < 4.78 is 2.03. The maximum absolute atomic E-state index is 13.3. The summed E-state index contributed by atoms with van der Waals surface area (Å²) in [7, 11) is 0. The van der Waals surface area contributed by atoms with E-state index in [1.807, 2.05) is 46.7 Å². The summed E-state index contributed by atoms with van der Waals surface area (Å²) in [5, 5.41) is 4.13. The quantitative estimate of drug-likeness (QED) is 0.897. The number of fused-ring (bicyclic) bond motifs is 3. The molecule has 0 bridgehead atoms. The molecule has 1 aromatic carbocycles. The van der Waals surface area contributed by atoms with Gasteiger partial charge in [-0.05, 0) is 44.2 Å². The van der Waals surface area contributed by atoms with Crippen LogP contribution in [0.3, 0.4) is 0 Å². The molecule has 0 spiro atoms. The van der Waals surface area contributed by atoms with Gasteiger partial charge in [0.15, 0.2) is 0 Å². The SMILES string of the molecule is CC(C)CCNC(=O)[C@@]1(C)Cn2c(cc3ccccc32)C(=O)N1C1CC1. The number of hydrogen-bond acceptors (Lipinski definition) is 2. The number of nitrogens with zero attached hydrogens (tertiary/aromatic N) is 2. The van der Waals surface area contributed by atoms with Crippen LogP contribution >= 0.6 is 0 Å². The molecule has 1 atom stereocenters. The van der Waals surface area contributed by atoms with E-state index in [9.17, 15) is 9.59 Å². The van der Waals surface area contributed by atoms with Crippen LogP contribution in [0.15, 0.2) is 30.3 Å². The van der Waals surface area contributed by atoms with Crippen LogP contribution in [0.4, 0.5) is 0 Å². The summed E-state index contributed by atoms with van der Waals surface area (Å²) in [4.78, 5) is 28.3. The molecule has 5 heteroatoms. The average Bonchev–Trinajstić information content (AvgIpc) is 3.35. The van der Waals surface area contributed by atoms with Gasteiger partial charge in [-0.3, -0.25) is 9.59 Å². The van der Waals surface area contributed by atoms with Gasteiger partial charge in [0.1, 0.15) is 11.2 Å². The second-order valence-electron chi connectivity index (χ2n) is 8.29. The van der Waals surface area contributed by atoms with Crippen molar-refractivity contribution >= 4 is 22.7 Å². The predicted molar refractivity (Wildman–Crippen MR) is 102 cm³/mol. The second kappa shape index (κ2) is 6.15. The maximum atomic E-state index is 13.3. The fraction of sp³-hybridized carbons (Fsp3) is 0.524. The third-order valence-electron chi connectivity index (χ3n) is 5.65. The van der Waals surface area contributed by atoms with Crippen molar-refractivity contribution in [1.29, 1.82) is 0 Å². The van der Waals surface area contributed by atoms with E-state index in [-0.39, 0.29) is 17.9 Å². The summed E-state index contributed by atoms with van der Waals surface area (Å²) in [6.07, 6.45) is 2.92. The molecule has 1 aromatic heterocycles. The van der Waals surface area contributed by atoms with Gasteiger partial charge in [0, 0.05) is 23.5 Å². The van der Waals surface area contributed by atoms with Crippen molar-refractivity contribution in [2.24, 2.45) is 5.92 Å². The van der Waals surface area contributed by atoms with Gasteiger partial charge >= 0.3 is 0 Å². The Morgan fingerprint density at radius 3 is 2.73 bits per heavy atom. The molecule has 5 nitrogen and oxygen atoms in total. The largest absolute Gasteiger partial charge is 0.354 e. The van der Waals surface area contributed by atoms with Crippen LogP contribution in [-0.2, 0) is 11.3 Å². The van der Waals surface area contributed by atoms with Crippen molar-refractivity contribution in [1.82, 2.24) is 14.8 Å². The molecule has 138 valence electrons. The van der Waals surface area contributed by atoms with Crippen LogP contribution in [0.1, 0.15) is 50.5 Å². The van der Waals surface area contributed by atoms with Gasteiger partial charge in [0.05, 0.1) is 6.54 Å². The predicted octanol–water partition coefficient (Wildman–Crippen LogP) is 3.18. The van der Waals surface area contributed by atoms with E-state index in [2.05, 4.69) is 19.2 Å². The zero-order valence-electron chi connectivity index (χ0n) is 15.8. The number of carbonyl (C=O) groups excluding carboxylic acids is 2. The Balaban J connectivity index is 1.71. The Labute approximate surface area is 154 Å². The first-order valence-electron chi connectivity index (χ1n) is 9.62. The molecule has 1 saturated carbocycles. The van der Waals surface area contributed by atoms with Crippen molar-refractivity contribution in [3.8, 4) is 0 Å². The molecule has 0 saturated heterocycles. The molecular weight excluding hydrogens is 326 g/mol. The van der Waals surface area contributed by atoms with Crippen molar-refractivity contribution in [3.05, 3.63) is 36.0 Å². The minimum absolute atomic E-state index is 0.0172. The molecular formula is C21H27N3O2. The Bertz CT molecular complexity index is 865. The van der Waals surface area contributed by atoms with Gasteiger partial charge in [0.2, 0.25) is 5.91 Å². The van der Waals surface area contributed by atoms with Crippen molar-refractivity contribution in [2.75, 3.05) is 6.54 Å². The lowest BCUT2D eigenvalue weighted by atomic mass is 9.94. The number of rotatable bonds is 5. The van der Waals surface area contributed by atoms with Gasteiger partial charge < -0.3 is 14.8 Å². The number of hydrogen-bond donors (Lipinski definition) is 1. The van der Waals surface area contributed by atoms with Gasteiger partial charge in [-0.25, -0.2) is 0 Å². The summed E-state index contributed by atoms with van der Waals surface area (Å²) in [6.45, 7) is 7.37. The summed E-state index contributed by atoms with van der Waals surface area (Å²) in [6, 6.07) is 10.2. The first-order valence-corrected chi connectivity index (χ1v) is 9.62. The van der Waals surface area contributed by atoms with Gasteiger partial charge in [-0.15, -0.1) is 0 Å². The smallest absolute Gasteiger partial charge is 0.271 e. The number of aromatic nitrogens is 1. The van der Waals surface area contributed by atoms with Gasteiger partial charge in [0.25, 0.3) is 5.91 Å². The van der Waals surface area contributed by atoms with Gasteiger partial charge in [-0.1, -0.05) is 32.0 Å². The van der Waals surface area contributed by atoms with Crippen LogP contribution in [0, 0.1) is 5.92 Å². The standard InChI is InChI=1S/C21H27N3O2/c1-14(2)10-11-22-20(26)21(3)13-23-17-7-5-4-6-15(17)12-18(23)19(25)24(21)16-8-9-16/h4-7,12,14,16H,8-11,13H2,1-3H3,(H,22,26)/t21-/m1/s1. The van der Waals surface area contributed by atoms with E-state index in [1.54, 1.807) is 0 Å². The van der Waals surface area contributed by atoms with E-state index in [4.69, 9.17) is 0 Å². The molecule has 4 rings (SSSR count). The summed E-state index contributed by atoms with van der Waals surface area (Å²) in [5.41, 5.74) is 0.877. The highest BCUT2D eigenvalue weighted by Gasteiger charge is 2.52. The van der Waals surface area contributed by atoms with Crippen LogP contribution in [0.25, 0.3) is 10.9 Å². The van der Waals surface area contributed by atoms with E-state index >= 15 is 0 Å². The average molecular weight is 353 g/mol. The highest BCUT2D eigenvalue weighted by molar-refractivity contribution is 6.03. The number of carbonyl (C=O) groups is 2. The minimum atomic E-state index is -0.843. The Morgan fingerprint density at radius 1 is 1.31 bits per heavy atom. The normalized spacial score (nSPS) is 22.8. The lowest BCUT2D eigenvalue weighted by Gasteiger charge is -2.44. The third kappa shape index (κ3) is 2.70. The third-order valence-corrected chi connectivity index (χ3v) is 5.65. The highest BCUT2D eigenvalue weighted by atomic mass is 16.2. The number of benzene rings is 1. The summed E-state index contributed by atoms with van der Waals surface area (Å²) >= 11 is 0. The Hall–Kier alpha value is -2.30. The molecule has 1 aliphatic heterocycles. The highest BCUT2D eigenvalue weighted by Crippen LogP contribution is 2.40. The molecule has 0 unspecified atom stereocenters. The Morgan fingerprint density at radius 2 is 2.04 bits per heavy atom. The number of para-hydroxylation sites is 1. The molecule has 0 radical (unpaired) electrons. The lowest BCUT2D eigenvalue weighted by Crippen LogP contribution is -2.64. The molecule has 2 aromatic rings. The Kier molecular flexibility index (Phi) is 4.05. The second-order valence-corrected chi connectivity index (χ2v) is 8.29.